The van der Waals surface area contributed by atoms with Gasteiger partial charge >= 0.3 is 5.97 Å². The maximum Gasteiger partial charge on any atom is 0.339 e. The van der Waals surface area contributed by atoms with Crippen LogP contribution in [0.5, 0.6) is 0 Å². The minimum absolute atomic E-state index is 0.00861. The highest BCUT2D eigenvalue weighted by atomic mass is 32.1. The minimum Gasteiger partial charge on any atom is -0.478 e. The van der Waals surface area contributed by atoms with E-state index in [9.17, 15) is 15.0 Å². The second-order valence-electron chi connectivity index (χ2n) is 5.94. The zero-order valence-corrected chi connectivity index (χ0v) is 15.2. The highest BCUT2D eigenvalue weighted by Gasteiger charge is 2.45. The third-order valence-corrected chi connectivity index (χ3v) is 12.3. The van der Waals surface area contributed by atoms with Crippen molar-refractivity contribution in [3.8, 4) is 0 Å². The van der Waals surface area contributed by atoms with Gasteiger partial charge in [-0.25, -0.2) is 4.79 Å². The third kappa shape index (κ3) is 2.60. The topological polar surface area (TPSA) is 92.8 Å². The lowest BCUT2D eigenvalue weighted by Gasteiger charge is -2.40. The lowest BCUT2D eigenvalue weighted by atomic mass is 9.95. The van der Waals surface area contributed by atoms with E-state index in [2.05, 4.69) is 20.8 Å². The summed E-state index contributed by atoms with van der Waals surface area (Å²) in [5.41, 5.74) is 6.88. The molecule has 0 aliphatic carbocycles. The highest BCUT2D eigenvalue weighted by molar-refractivity contribution is 7.17. The molecule has 4 N–H and O–H groups in total. The molecule has 1 aliphatic rings. The van der Waals surface area contributed by atoms with Crippen LogP contribution in [0.15, 0.2) is 0 Å². The van der Waals surface area contributed by atoms with Crippen LogP contribution in [0.25, 0.3) is 0 Å². The number of carboxylic acids is 1. The van der Waals surface area contributed by atoms with E-state index in [-0.39, 0.29) is 23.8 Å². The first-order valence-electron chi connectivity index (χ1n) is 7.83. The van der Waals surface area contributed by atoms with Crippen molar-refractivity contribution in [3.63, 3.8) is 0 Å². The Bertz CT molecular complexity index is 548. The van der Waals surface area contributed by atoms with Gasteiger partial charge in [-0.2, -0.15) is 0 Å². The molecule has 2 unspecified atom stereocenters. The standard InChI is InChI=1S/C15H25NO4SSi/c1-4-22(5-2,6-3)15-12-10(9(7-17)8-20-15)11(14(18)19)13(16)21-12/h9,15,17H,4-8,16H2,1-3H3,(H,18,19). The molecule has 5 nitrogen and oxygen atoms in total. The van der Waals surface area contributed by atoms with E-state index in [1.807, 2.05) is 0 Å². The Labute approximate surface area is 136 Å². The Hall–Kier alpha value is -0.893. The van der Waals surface area contributed by atoms with Gasteiger partial charge in [0.25, 0.3) is 0 Å². The molecule has 2 atom stereocenters. The number of aliphatic hydroxyl groups is 1. The molecule has 2 heterocycles. The monoisotopic (exact) mass is 343 g/mol. The Balaban J connectivity index is 2.62. The van der Waals surface area contributed by atoms with Crippen molar-refractivity contribution in [2.24, 2.45) is 0 Å². The molecule has 22 heavy (non-hydrogen) atoms. The van der Waals surface area contributed by atoms with Gasteiger partial charge in [0.1, 0.15) is 5.00 Å². The van der Waals surface area contributed by atoms with E-state index in [1.165, 1.54) is 11.3 Å². The SMILES string of the molecule is CC[Si](CC)(CC)C1OCC(CO)c2c1sc(N)c2C(=O)O. The fraction of sp³-hybridized carbons (Fsp3) is 0.667. The van der Waals surface area contributed by atoms with E-state index >= 15 is 0 Å². The van der Waals surface area contributed by atoms with Crippen LogP contribution in [0, 0.1) is 0 Å². The van der Waals surface area contributed by atoms with Crippen LogP contribution >= 0.6 is 11.3 Å². The highest BCUT2D eigenvalue weighted by Crippen LogP contribution is 2.49. The molecule has 1 aromatic rings. The summed E-state index contributed by atoms with van der Waals surface area (Å²) in [7, 11) is -1.70. The Kier molecular flexibility index (Phi) is 5.32. The summed E-state index contributed by atoms with van der Waals surface area (Å²) in [5, 5.41) is 19.4. The number of hydrogen-bond acceptors (Lipinski definition) is 5. The number of thiophene rings is 1. The smallest absolute Gasteiger partial charge is 0.339 e. The van der Waals surface area contributed by atoms with Crippen molar-refractivity contribution in [3.05, 3.63) is 16.0 Å². The Morgan fingerprint density at radius 1 is 1.36 bits per heavy atom. The summed E-state index contributed by atoms with van der Waals surface area (Å²) in [6.07, 6.45) is 0. The molecule has 0 radical (unpaired) electrons. The van der Waals surface area contributed by atoms with E-state index in [0.29, 0.717) is 11.6 Å². The lowest BCUT2D eigenvalue weighted by Crippen LogP contribution is -2.44. The predicted octanol–water partition coefficient (Wildman–Crippen LogP) is 3.22. The van der Waals surface area contributed by atoms with E-state index < -0.39 is 14.0 Å². The average Bonchev–Trinajstić information content (AvgIpc) is 2.86. The van der Waals surface area contributed by atoms with Crippen LogP contribution in [0.1, 0.15) is 53.2 Å². The van der Waals surface area contributed by atoms with Gasteiger partial charge in [-0.15, -0.1) is 11.3 Å². The Morgan fingerprint density at radius 2 is 1.95 bits per heavy atom. The molecule has 0 aromatic carbocycles. The summed E-state index contributed by atoms with van der Waals surface area (Å²) in [6.45, 7) is 6.87. The van der Waals surface area contributed by atoms with Crippen molar-refractivity contribution in [2.75, 3.05) is 18.9 Å². The molecule has 0 saturated heterocycles. The quantitative estimate of drug-likeness (QED) is 0.690. The second kappa shape index (κ2) is 6.70. The third-order valence-electron chi connectivity index (χ3n) is 5.21. The van der Waals surface area contributed by atoms with Gasteiger partial charge in [-0.1, -0.05) is 38.9 Å². The van der Waals surface area contributed by atoms with Crippen molar-refractivity contribution in [1.29, 1.82) is 0 Å². The zero-order valence-electron chi connectivity index (χ0n) is 13.4. The van der Waals surface area contributed by atoms with Gasteiger partial charge in [0.2, 0.25) is 0 Å². The number of nitrogens with two attached hydrogens (primary N) is 1. The first-order chi connectivity index (χ1) is 10.5. The number of anilines is 1. The van der Waals surface area contributed by atoms with Gasteiger partial charge in [0, 0.05) is 10.8 Å². The maximum absolute atomic E-state index is 11.6. The molecule has 0 fully saturated rings. The van der Waals surface area contributed by atoms with Crippen molar-refractivity contribution >= 4 is 30.4 Å². The van der Waals surface area contributed by atoms with E-state index in [4.69, 9.17) is 10.5 Å². The number of aromatic carboxylic acids is 1. The number of carbonyl (C=O) groups is 1. The first-order valence-corrected chi connectivity index (χ1v) is 11.3. The zero-order chi connectivity index (χ0) is 16.5. The molecule has 1 aliphatic heterocycles. The normalized spacial score (nSPS) is 21.6. The fourth-order valence-electron chi connectivity index (χ4n) is 3.58. The van der Waals surface area contributed by atoms with Gasteiger partial charge in [-0.05, 0) is 5.56 Å². The molecular formula is C15H25NO4SSi. The summed E-state index contributed by atoms with van der Waals surface area (Å²) in [6, 6.07) is 3.27. The van der Waals surface area contributed by atoms with Gasteiger partial charge in [0.15, 0.2) is 0 Å². The van der Waals surface area contributed by atoms with Crippen LogP contribution in [0.3, 0.4) is 0 Å². The van der Waals surface area contributed by atoms with Crippen LogP contribution in [-0.4, -0.2) is 37.5 Å². The van der Waals surface area contributed by atoms with E-state index in [1.54, 1.807) is 0 Å². The van der Waals surface area contributed by atoms with Gasteiger partial charge in [0.05, 0.1) is 32.6 Å². The first kappa shape index (κ1) is 17.5. The number of fused-ring (bicyclic) bond motifs is 1. The van der Waals surface area contributed by atoms with Gasteiger partial charge < -0.3 is 20.7 Å². The summed E-state index contributed by atoms with van der Waals surface area (Å²) >= 11 is 1.34. The van der Waals surface area contributed by atoms with Crippen LogP contribution in [0.4, 0.5) is 5.00 Å². The number of carboxylic acid groups (broad SMARTS) is 1. The summed E-state index contributed by atoms with van der Waals surface area (Å²) < 4.78 is 6.16. The molecule has 2 rings (SSSR count). The number of hydrogen-bond donors (Lipinski definition) is 3. The minimum atomic E-state index is -1.70. The van der Waals surface area contributed by atoms with Crippen LogP contribution in [-0.2, 0) is 4.74 Å². The number of aliphatic hydroxyl groups excluding tert-OH is 1. The van der Waals surface area contributed by atoms with Crippen molar-refractivity contribution in [1.82, 2.24) is 0 Å². The molecule has 0 amide bonds. The largest absolute Gasteiger partial charge is 0.478 e. The lowest BCUT2D eigenvalue weighted by molar-refractivity contribution is 0.0550. The van der Waals surface area contributed by atoms with Gasteiger partial charge in [-0.3, -0.25) is 0 Å². The maximum atomic E-state index is 11.6. The van der Waals surface area contributed by atoms with E-state index in [0.717, 1.165) is 28.6 Å². The van der Waals surface area contributed by atoms with Crippen molar-refractivity contribution in [2.45, 2.75) is 50.5 Å². The van der Waals surface area contributed by atoms with Crippen LogP contribution < -0.4 is 5.73 Å². The predicted molar refractivity (Wildman–Crippen MR) is 91.4 cm³/mol. The number of nitrogen functional groups attached to an aromatic ring is 1. The van der Waals surface area contributed by atoms with Crippen molar-refractivity contribution < 1.29 is 19.7 Å². The average molecular weight is 344 g/mol. The second-order valence-corrected chi connectivity index (χ2v) is 12.4. The number of ether oxygens (including phenoxy) is 1. The Morgan fingerprint density at radius 3 is 2.41 bits per heavy atom. The fourth-order valence-corrected chi connectivity index (χ4v) is 9.37. The molecular weight excluding hydrogens is 318 g/mol. The van der Waals surface area contributed by atoms with Crippen LogP contribution in [0.2, 0.25) is 18.1 Å². The molecule has 0 bridgehead atoms. The number of rotatable bonds is 6. The molecule has 1 aromatic heterocycles. The molecule has 7 heteroatoms. The summed E-state index contributed by atoms with van der Waals surface area (Å²) in [5.74, 6) is -1.30. The summed E-state index contributed by atoms with van der Waals surface area (Å²) in [4.78, 5) is 12.6. The molecule has 0 spiro atoms. The molecule has 124 valence electrons. The molecule has 0 saturated carbocycles.